The van der Waals surface area contributed by atoms with E-state index in [9.17, 15) is 33.6 Å². The van der Waals surface area contributed by atoms with Crippen LogP contribution in [0.3, 0.4) is 0 Å². The van der Waals surface area contributed by atoms with Gasteiger partial charge in [-0.05, 0) is 150 Å². The maximum Gasteiger partial charge on any atom is 0.416 e. The minimum absolute atomic E-state index is 0.00972. The highest BCUT2D eigenvalue weighted by Gasteiger charge is 2.49. The van der Waals surface area contributed by atoms with Crippen LogP contribution in [0.25, 0.3) is 11.1 Å². The van der Waals surface area contributed by atoms with E-state index in [1.807, 2.05) is 68.3 Å². The Kier molecular flexibility index (Phi) is 30.6. The first-order chi connectivity index (χ1) is 53.3. The highest BCUT2D eigenvalue weighted by molar-refractivity contribution is 6.08. The molecule has 6 aliphatic heterocycles. The Hall–Kier alpha value is -11.3. The van der Waals surface area contributed by atoms with Crippen LogP contribution in [-0.4, -0.2) is 182 Å². The standard InChI is InChI=1S/C45H54N6O9.C32H42N4O8.2CO2/c1-6-20-59-45(55)51-36-26-39(38(56-5)25-34(36)43(54)50-19-9-7-12-35(50)44(51)60-41-14-8-10-21-58-41)57-22-11-13-40(52)46-33-24-37(49(4)28-33)42(53)47-32-17-15-30(16-18-32)31-23-29(2)48(3)27-31;1-4-16-43-32(39)36-25-20-27(41-18-9-11-28(37)33-22-13-15-34(2)21-22)26(40-3)19-23(25)30(38)35-14-7-5-10-24(35)31(36)44-29-12-6-8-17-42-29;2*2-1-3/h6,15-18,23-28,35,41,44H,1,7-14,19-22H2,2-5H3,(H,46,52)(H,47,53);4,13,15,19-21,24,29,31H,1,5-12,14,16-18H2,2-3H3,(H,33,37);;/t35-,41?,44?;24-,29?,31?;;/m00../s1. The highest BCUT2D eigenvalue weighted by atomic mass is 16.7. The fraction of sp³-hybridized carbons (Fsp3) is 0.456. The molecule has 4 unspecified atom stereocenters. The van der Waals surface area contributed by atoms with Gasteiger partial charge in [0, 0.05) is 109 Å². The van der Waals surface area contributed by atoms with Crippen molar-refractivity contribution in [1.29, 1.82) is 0 Å². The zero-order valence-corrected chi connectivity index (χ0v) is 62.9. The fourth-order valence-electron chi connectivity index (χ4n) is 13.9. The van der Waals surface area contributed by atoms with Crippen molar-refractivity contribution < 1.29 is 100 Å². The van der Waals surface area contributed by atoms with Gasteiger partial charge < -0.3 is 86.8 Å². The number of benzene rings is 3. The first-order valence-corrected chi connectivity index (χ1v) is 36.7. The van der Waals surface area contributed by atoms with Gasteiger partial charge in [-0.2, -0.15) is 19.2 Å². The second-order valence-corrected chi connectivity index (χ2v) is 26.8. The third-order valence-corrected chi connectivity index (χ3v) is 19.2. The molecule has 6 aliphatic rings. The Morgan fingerprint density at radius 1 is 0.545 bits per heavy atom. The minimum Gasteiger partial charge on any atom is -0.493 e. The van der Waals surface area contributed by atoms with E-state index in [0.717, 1.165) is 73.9 Å². The van der Waals surface area contributed by atoms with Crippen LogP contribution in [-0.2, 0) is 78.3 Å². The van der Waals surface area contributed by atoms with Gasteiger partial charge in [-0.25, -0.2) is 19.4 Å². The number of aromatic nitrogens is 3. The zero-order valence-electron chi connectivity index (χ0n) is 62.9. The summed E-state index contributed by atoms with van der Waals surface area (Å²) in [7, 11) is 8.60. The molecule has 9 heterocycles. The summed E-state index contributed by atoms with van der Waals surface area (Å²) < 4.78 is 65.3. The molecule has 4 fully saturated rings. The average molecular weight is 1520 g/mol. The maximum absolute atomic E-state index is 14.2. The van der Waals surface area contributed by atoms with E-state index in [1.54, 1.807) is 57.9 Å². The van der Waals surface area contributed by atoms with Crippen LogP contribution in [0.4, 0.5) is 38.0 Å². The van der Waals surface area contributed by atoms with Crippen molar-refractivity contribution in [2.45, 2.75) is 147 Å². The molecule has 6 aromatic rings. The second kappa shape index (κ2) is 40.7. The van der Waals surface area contributed by atoms with Gasteiger partial charge in [-0.1, -0.05) is 37.4 Å². The Bertz CT molecular complexity index is 4230. The molecular formula is C79H96N10O21. The first kappa shape index (κ1) is 82.7. The number of hydrogen-bond acceptors (Lipinski definition) is 21. The van der Waals surface area contributed by atoms with Crippen molar-refractivity contribution >= 4 is 82.5 Å². The Morgan fingerprint density at radius 2 is 1.03 bits per heavy atom. The Balaban J connectivity index is 0.000000246. The summed E-state index contributed by atoms with van der Waals surface area (Å²) in [5.74, 6) is 0.0814. The predicted octanol–water partition coefficient (Wildman–Crippen LogP) is 11.1. The van der Waals surface area contributed by atoms with E-state index in [4.69, 9.17) is 66.5 Å². The number of nitrogens with zero attached hydrogens (tertiary/aromatic N) is 7. The lowest BCUT2D eigenvalue weighted by Gasteiger charge is -2.42. The van der Waals surface area contributed by atoms with Gasteiger partial charge >= 0.3 is 24.5 Å². The smallest absolute Gasteiger partial charge is 0.416 e. The van der Waals surface area contributed by atoms with Crippen LogP contribution in [0.5, 0.6) is 23.0 Å². The number of carbonyl (C=O) groups is 7. The lowest BCUT2D eigenvalue weighted by molar-refractivity contribution is -0.199. The molecular weight excluding hydrogens is 1420 g/mol. The number of amides is 7. The summed E-state index contributed by atoms with van der Waals surface area (Å²) in [6, 6.07) is 18.8. The van der Waals surface area contributed by atoms with E-state index < -0.39 is 49.3 Å². The summed E-state index contributed by atoms with van der Waals surface area (Å²) in [5.41, 5.74) is 6.65. The normalized spacial score (nSPS) is 19.0. The third kappa shape index (κ3) is 21.3. The van der Waals surface area contributed by atoms with Crippen LogP contribution in [0, 0.1) is 6.92 Å². The largest absolute Gasteiger partial charge is 0.493 e. The monoisotopic (exact) mass is 1520 g/mol. The molecule has 588 valence electrons. The molecule has 31 nitrogen and oxygen atoms in total. The van der Waals surface area contributed by atoms with Crippen molar-refractivity contribution in [2.75, 3.05) is 92.7 Å². The molecule has 3 N–H and O–H groups in total. The Labute approximate surface area is 637 Å². The molecule has 110 heavy (non-hydrogen) atoms. The molecule has 12 rings (SSSR count). The van der Waals surface area contributed by atoms with Crippen LogP contribution in [0.2, 0.25) is 0 Å². The number of ether oxygens (including phenoxy) is 10. The van der Waals surface area contributed by atoms with Crippen molar-refractivity contribution in [1.82, 2.24) is 23.5 Å². The van der Waals surface area contributed by atoms with E-state index in [2.05, 4.69) is 45.9 Å². The topological polar surface area (TPSA) is 344 Å². The van der Waals surface area contributed by atoms with E-state index >= 15 is 0 Å². The summed E-state index contributed by atoms with van der Waals surface area (Å²) in [6.07, 6.45) is 17.7. The fourth-order valence-corrected chi connectivity index (χ4v) is 13.9. The molecule has 4 saturated heterocycles. The van der Waals surface area contributed by atoms with Gasteiger partial charge in [0.25, 0.3) is 17.7 Å². The van der Waals surface area contributed by atoms with Gasteiger partial charge in [0.05, 0.1) is 73.4 Å². The number of anilines is 5. The van der Waals surface area contributed by atoms with E-state index in [-0.39, 0.29) is 104 Å². The van der Waals surface area contributed by atoms with Gasteiger partial charge in [0.15, 0.2) is 48.0 Å². The summed E-state index contributed by atoms with van der Waals surface area (Å²) in [5, 5.41) is 8.67. The van der Waals surface area contributed by atoms with Gasteiger partial charge in [-0.3, -0.25) is 24.0 Å². The van der Waals surface area contributed by atoms with Crippen LogP contribution in [0.1, 0.15) is 140 Å². The summed E-state index contributed by atoms with van der Waals surface area (Å²) in [6.45, 7) is 11.8. The number of fused-ring (bicyclic) bond motifs is 4. The quantitative estimate of drug-likeness (QED) is 0.0354. The summed E-state index contributed by atoms with van der Waals surface area (Å²) in [4.78, 5) is 134. The third-order valence-electron chi connectivity index (χ3n) is 19.2. The molecule has 3 aromatic carbocycles. The molecule has 3 aromatic heterocycles. The minimum atomic E-state index is -0.888. The summed E-state index contributed by atoms with van der Waals surface area (Å²) >= 11 is 0. The highest BCUT2D eigenvalue weighted by Crippen LogP contribution is 2.45. The van der Waals surface area contributed by atoms with Gasteiger partial charge in [0.1, 0.15) is 18.9 Å². The molecule has 7 amide bonds. The van der Waals surface area contributed by atoms with Crippen molar-refractivity contribution in [3.63, 3.8) is 0 Å². The number of aryl methyl sites for hydroxylation is 4. The Morgan fingerprint density at radius 3 is 1.45 bits per heavy atom. The molecule has 0 bridgehead atoms. The van der Waals surface area contributed by atoms with Crippen LogP contribution in [0.15, 0.2) is 117 Å². The SMILES string of the molecule is C=CCOC(=O)N1c2cc(OCCCC(=O)Nc3cc(C(=O)Nc4ccc(-c5cc(C)n(C)c5)cc4)n(C)c3)c(OC)cc2C(=O)N2CCCC[C@H]2C1OC1CCCCO1.C=CCOC(=O)N1c2cc(OCCCC(=O)Nc3ccn(C)c3)c(OC)cc2C(=O)N2CCCC[C@H]2C1OC1CCCCO1.O=C=O.O=C=O. The number of carbonyl (C=O) groups excluding carboxylic acids is 11. The van der Waals surface area contributed by atoms with Crippen molar-refractivity contribution in [3.8, 4) is 34.1 Å². The van der Waals surface area contributed by atoms with Gasteiger partial charge in [0.2, 0.25) is 11.8 Å². The van der Waals surface area contributed by atoms with Crippen LogP contribution < -0.4 is 44.7 Å². The number of methoxy groups -OCH3 is 2. The van der Waals surface area contributed by atoms with Gasteiger partial charge in [-0.15, -0.1) is 0 Å². The molecule has 0 saturated carbocycles. The lowest BCUT2D eigenvalue weighted by Crippen LogP contribution is -2.57. The van der Waals surface area contributed by atoms with Crippen molar-refractivity contribution in [2.24, 2.45) is 21.1 Å². The van der Waals surface area contributed by atoms with E-state index in [1.165, 1.54) is 36.2 Å². The number of rotatable bonds is 25. The zero-order chi connectivity index (χ0) is 78.8. The predicted molar refractivity (Wildman–Crippen MR) is 399 cm³/mol. The molecule has 0 radical (unpaired) electrons. The van der Waals surface area contributed by atoms with E-state index in [0.29, 0.717) is 105 Å². The molecule has 31 heteroatoms. The molecule has 0 spiro atoms. The molecule has 0 aliphatic carbocycles. The second-order valence-electron chi connectivity index (χ2n) is 26.8. The van der Waals surface area contributed by atoms with Crippen LogP contribution >= 0.6 is 0 Å². The lowest BCUT2D eigenvalue weighted by atomic mass is 10.00. The maximum atomic E-state index is 14.2. The number of hydrogen-bond donors (Lipinski definition) is 3. The first-order valence-electron chi connectivity index (χ1n) is 36.7. The average Bonchev–Trinajstić information content (AvgIpc) is 1.60. The van der Waals surface area contributed by atoms with Crippen molar-refractivity contribution in [3.05, 3.63) is 139 Å². The number of nitrogens with one attached hydrogen (secondary N) is 3. The molecule has 6 atom stereocenters. The number of piperidine rings is 2.